The van der Waals surface area contributed by atoms with Gasteiger partial charge in [-0.25, -0.2) is 0 Å². The highest BCUT2D eigenvalue weighted by atomic mass is 32.1. The largest absolute Gasteiger partial charge is 0.457 e. The molecule has 0 saturated heterocycles. The highest BCUT2D eigenvalue weighted by Crippen LogP contribution is 2.28. The zero-order chi connectivity index (χ0) is 18.1. The summed E-state index contributed by atoms with van der Waals surface area (Å²) in [5.41, 5.74) is 2.04. The summed E-state index contributed by atoms with van der Waals surface area (Å²) < 4.78 is 6.04. The molecule has 2 aromatic carbocycles. The van der Waals surface area contributed by atoms with Crippen molar-refractivity contribution in [3.8, 4) is 22.9 Å². The minimum atomic E-state index is 0.744. The third-order valence-corrected chi connectivity index (χ3v) is 5.20. The topological polar surface area (TPSA) is 66.6 Å². The van der Waals surface area contributed by atoms with Gasteiger partial charge >= 0.3 is 0 Å². The Bertz CT molecular complexity index is 1190. The average molecular weight is 372 g/mol. The number of hydrogen-bond acceptors (Lipinski definition) is 4. The normalized spacial score (nSPS) is 11.1. The number of thiophene rings is 1. The van der Waals surface area contributed by atoms with Gasteiger partial charge in [-0.15, -0.1) is 21.5 Å². The van der Waals surface area contributed by atoms with Crippen LogP contribution in [0.3, 0.4) is 0 Å². The molecule has 0 atom stereocenters. The number of nitrogens with zero attached hydrogens (tertiary/aromatic N) is 2. The van der Waals surface area contributed by atoms with E-state index in [4.69, 9.17) is 4.74 Å². The van der Waals surface area contributed by atoms with Crippen LogP contribution in [0.25, 0.3) is 22.3 Å². The molecule has 0 aliphatic carbocycles. The molecular weight excluding hydrogens is 356 g/mol. The quantitative estimate of drug-likeness (QED) is 0.434. The van der Waals surface area contributed by atoms with Gasteiger partial charge in [0.25, 0.3) is 0 Å². The molecule has 0 spiro atoms. The Morgan fingerprint density at radius 1 is 0.926 bits per heavy atom. The molecule has 0 amide bonds. The summed E-state index contributed by atoms with van der Waals surface area (Å²) in [6.07, 6.45) is 2.68. The van der Waals surface area contributed by atoms with E-state index >= 15 is 0 Å². The first-order valence-corrected chi connectivity index (χ1v) is 9.51. The minimum Gasteiger partial charge on any atom is -0.457 e. The van der Waals surface area contributed by atoms with Gasteiger partial charge in [0.15, 0.2) is 5.82 Å². The molecule has 0 fully saturated rings. The van der Waals surface area contributed by atoms with E-state index in [-0.39, 0.29) is 0 Å². The molecule has 5 rings (SSSR count). The molecule has 0 saturated carbocycles. The molecule has 3 heterocycles. The van der Waals surface area contributed by atoms with E-state index < -0.39 is 0 Å². The van der Waals surface area contributed by atoms with E-state index in [1.165, 1.54) is 4.88 Å². The van der Waals surface area contributed by atoms with Crippen LogP contribution in [-0.2, 0) is 6.42 Å². The van der Waals surface area contributed by atoms with Crippen molar-refractivity contribution >= 4 is 22.2 Å². The van der Waals surface area contributed by atoms with Crippen molar-refractivity contribution in [1.29, 1.82) is 0 Å². The van der Waals surface area contributed by atoms with Crippen molar-refractivity contribution in [1.82, 2.24) is 20.2 Å². The van der Waals surface area contributed by atoms with Crippen molar-refractivity contribution < 1.29 is 4.74 Å². The van der Waals surface area contributed by atoms with Gasteiger partial charge in [-0.1, -0.05) is 18.2 Å². The van der Waals surface area contributed by atoms with Crippen LogP contribution < -0.4 is 4.74 Å². The van der Waals surface area contributed by atoms with Gasteiger partial charge in [-0.2, -0.15) is 0 Å². The molecule has 132 valence electrons. The molecule has 0 unspecified atom stereocenters. The Balaban J connectivity index is 1.37. The summed E-state index contributed by atoms with van der Waals surface area (Å²) in [5, 5.41) is 11.7. The molecule has 0 aliphatic rings. The smallest absolute Gasteiger partial charge is 0.161 e. The molecule has 0 radical (unpaired) electrons. The second kappa shape index (κ2) is 6.74. The molecule has 3 aromatic heterocycles. The first-order chi connectivity index (χ1) is 13.3. The minimum absolute atomic E-state index is 0.744. The summed E-state index contributed by atoms with van der Waals surface area (Å²) in [6.45, 7) is 0. The van der Waals surface area contributed by atoms with Crippen LogP contribution in [0.2, 0.25) is 0 Å². The molecule has 0 bridgehead atoms. The molecule has 5 nitrogen and oxygen atoms in total. The molecular formula is C21H16N4OS. The Hall–Kier alpha value is -3.38. The number of ether oxygens (including phenoxy) is 1. The standard InChI is InChI=1S/C21H16N4OS/c1-3-15(21-23-20(24-25-21)13-18-5-2-10-27-18)12-16(4-1)26-17-6-7-19-14(11-17)8-9-22-19/h1-12,22H,13H2,(H,23,24,25). The number of benzene rings is 2. The molecule has 0 aliphatic heterocycles. The van der Waals surface area contributed by atoms with Gasteiger partial charge in [0.2, 0.25) is 0 Å². The Labute approximate surface area is 159 Å². The van der Waals surface area contributed by atoms with Crippen LogP contribution in [0, 0.1) is 0 Å². The summed E-state index contributed by atoms with van der Waals surface area (Å²) in [6, 6.07) is 20.0. The SMILES string of the molecule is c1cc(Oc2ccc3[nH]ccc3c2)cc(-c2nnc(Cc3cccs3)[nH]2)c1. The summed E-state index contributed by atoms with van der Waals surface area (Å²) >= 11 is 1.72. The van der Waals surface area contributed by atoms with E-state index in [9.17, 15) is 0 Å². The van der Waals surface area contributed by atoms with Crippen LogP contribution >= 0.6 is 11.3 Å². The van der Waals surface area contributed by atoms with Crippen molar-refractivity contribution in [2.75, 3.05) is 0 Å². The predicted octanol–water partition coefficient (Wildman–Crippen LogP) is 5.40. The highest BCUT2D eigenvalue weighted by Gasteiger charge is 2.08. The number of aromatic amines is 2. The number of aromatic nitrogens is 4. The Morgan fingerprint density at radius 3 is 2.81 bits per heavy atom. The lowest BCUT2D eigenvalue weighted by Crippen LogP contribution is -1.88. The van der Waals surface area contributed by atoms with Crippen LogP contribution in [0.1, 0.15) is 10.7 Å². The number of fused-ring (bicyclic) bond motifs is 1. The van der Waals surface area contributed by atoms with Gasteiger partial charge in [-0.05, 0) is 47.8 Å². The van der Waals surface area contributed by atoms with Crippen molar-refractivity contribution in [2.45, 2.75) is 6.42 Å². The predicted molar refractivity (Wildman–Crippen MR) is 107 cm³/mol. The summed E-state index contributed by atoms with van der Waals surface area (Å²) in [7, 11) is 0. The van der Waals surface area contributed by atoms with Crippen LogP contribution in [-0.4, -0.2) is 20.2 Å². The average Bonchev–Trinajstić information content (AvgIpc) is 3.44. The number of nitrogens with one attached hydrogen (secondary N) is 2. The maximum absolute atomic E-state index is 6.04. The zero-order valence-electron chi connectivity index (χ0n) is 14.3. The Morgan fingerprint density at radius 2 is 1.89 bits per heavy atom. The second-order valence-corrected chi connectivity index (χ2v) is 7.27. The maximum Gasteiger partial charge on any atom is 0.161 e. The van der Waals surface area contributed by atoms with Gasteiger partial charge < -0.3 is 14.7 Å². The van der Waals surface area contributed by atoms with Crippen molar-refractivity contribution in [3.05, 3.63) is 82.9 Å². The first-order valence-electron chi connectivity index (χ1n) is 8.63. The first kappa shape index (κ1) is 15.8. The third-order valence-electron chi connectivity index (χ3n) is 4.32. The van der Waals surface area contributed by atoms with E-state index in [1.807, 2.05) is 60.8 Å². The van der Waals surface area contributed by atoms with Gasteiger partial charge in [-0.3, -0.25) is 0 Å². The molecule has 5 aromatic rings. The summed E-state index contributed by atoms with van der Waals surface area (Å²) in [4.78, 5) is 7.75. The molecule has 6 heteroatoms. The van der Waals surface area contributed by atoms with Crippen molar-refractivity contribution in [2.24, 2.45) is 0 Å². The fourth-order valence-electron chi connectivity index (χ4n) is 3.02. The number of H-pyrrole nitrogens is 2. The highest BCUT2D eigenvalue weighted by molar-refractivity contribution is 7.09. The summed E-state index contributed by atoms with van der Waals surface area (Å²) in [5.74, 6) is 3.17. The van der Waals surface area contributed by atoms with E-state index in [0.717, 1.165) is 46.0 Å². The van der Waals surface area contributed by atoms with E-state index in [0.29, 0.717) is 0 Å². The van der Waals surface area contributed by atoms with Gasteiger partial charge in [0.1, 0.15) is 17.3 Å². The lowest BCUT2D eigenvalue weighted by Gasteiger charge is -2.07. The van der Waals surface area contributed by atoms with Crippen molar-refractivity contribution in [3.63, 3.8) is 0 Å². The van der Waals surface area contributed by atoms with E-state index in [2.05, 4.69) is 31.6 Å². The monoisotopic (exact) mass is 372 g/mol. The zero-order valence-corrected chi connectivity index (χ0v) is 15.2. The second-order valence-electron chi connectivity index (χ2n) is 6.23. The lowest BCUT2D eigenvalue weighted by atomic mass is 10.2. The molecule has 2 N–H and O–H groups in total. The van der Waals surface area contributed by atoms with Crippen LogP contribution in [0.5, 0.6) is 11.5 Å². The number of rotatable bonds is 5. The van der Waals surface area contributed by atoms with Gasteiger partial charge in [0.05, 0.1) is 0 Å². The van der Waals surface area contributed by atoms with Crippen LogP contribution in [0.15, 0.2) is 72.2 Å². The van der Waals surface area contributed by atoms with Crippen LogP contribution in [0.4, 0.5) is 0 Å². The lowest BCUT2D eigenvalue weighted by molar-refractivity contribution is 0.483. The number of hydrogen-bond donors (Lipinski definition) is 2. The third kappa shape index (κ3) is 3.35. The fourth-order valence-corrected chi connectivity index (χ4v) is 3.73. The van der Waals surface area contributed by atoms with Gasteiger partial charge in [0, 0.05) is 34.0 Å². The maximum atomic E-state index is 6.04. The Kier molecular flexibility index (Phi) is 3.95. The molecule has 27 heavy (non-hydrogen) atoms. The fraction of sp³-hybridized carbons (Fsp3) is 0.0476. The van der Waals surface area contributed by atoms with E-state index in [1.54, 1.807) is 11.3 Å².